The SMILES string of the molecule is Nc1nccc2cc(CNC(=O)c3cnc4[nH]ccc4c3)ccc12. The first-order valence-electron chi connectivity index (χ1n) is 7.55. The van der Waals surface area contributed by atoms with Crippen LogP contribution in [0.1, 0.15) is 15.9 Å². The number of hydrogen-bond donors (Lipinski definition) is 3. The average Bonchev–Trinajstić information content (AvgIpc) is 3.07. The number of carbonyl (C=O) groups excluding carboxylic acids is 1. The summed E-state index contributed by atoms with van der Waals surface area (Å²) in [6.07, 6.45) is 5.05. The summed E-state index contributed by atoms with van der Waals surface area (Å²) in [4.78, 5) is 23.6. The molecular formula is C18H15N5O. The fourth-order valence-corrected chi connectivity index (χ4v) is 2.71. The molecule has 3 heterocycles. The molecule has 6 nitrogen and oxygen atoms in total. The third kappa shape index (κ3) is 2.54. The summed E-state index contributed by atoms with van der Waals surface area (Å²) in [6.45, 7) is 0.433. The fourth-order valence-electron chi connectivity index (χ4n) is 2.71. The van der Waals surface area contributed by atoms with Crippen LogP contribution in [-0.2, 0) is 6.54 Å². The summed E-state index contributed by atoms with van der Waals surface area (Å²) in [5, 5.41) is 5.74. The Hall–Kier alpha value is -3.41. The number of nitrogens with one attached hydrogen (secondary N) is 2. The Morgan fingerprint density at radius 2 is 2.04 bits per heavy atom. The lowest BCUT2D eigenvalue weighted by molar-refractivity contribution is 0.0950. The predicted molar refractivity (Wildman–Crippen MR) is 93.4 cm³/mol. The van der Waals surface area contributed by atoms with Gasteiger partial charge in [-0.1, -0.05) is 12.1 Å². The van der Waals surface area contributed by atoms with Crippen molar-refractivity contribution in [2.75, 3.05) is 5.73 Å². The van der Waals surface area contributed by atoms with Crippen molar-refractivity contribution in [1.82, 2.24) is 20.3 Å². The first-order valence-corrected chi connectivity index (χ1v) is 7.55. The summed E-state index contributed by atoms with van der Waals surface area (Å²) in [5.41, 5.74) is 8.16. The molecular weight excluding hydrogens is 302 g/mol. The number of rotatable bonds is 3. The highest BCUT2D eigenvalue weighted by molar-refractivity contribution is 5.97. The lowest BCUT2D eigenvalue weighted by Gasteiger charge is -2.07. The van der Waals surface area contributed by atoms with Crippen LogP contribution < -0.4 is 11.1 Å². The topological polar surface area (TPSA) is 96.7 Å². The van der Waals surface area contributed by atoms with Gasteiger partial charge in [0, 0.05) is 35.9 Å². The maximum Gasteiger partial charge on any atom is 0.253 e. The number of amides is 1. The second-order valence-corrected chi connectivity index (χ2v) is 5.57. The quantitative estimate of drug-likeness (QED) is 0.541. The molecule has 118 valence electrons. The van der Waals surface area contributed by atoms with Gasteiger partial charge in [0.2, 0.25) is 0 Å². The summed E-state index contributed by atoms with van der Waals surface area (Å²) in [5.74, 6) is 0.355. The van der Waals surface area contributed by atoms with Gasteiger partial charge in [0.25, 0.3) is 5.91 Å². The van der Waals surface area contributed by atoms with Gasteiger partial charge in [0.15, 0.2) is 0 Å². The van der Waals surface area contributed by atoms with E-state index in [2.05, 4.69) is 20.3 Å². The normalized spacial score (nSPS) is 11.0. The largest absolute Gasteiger partial charge is 0.383 e. The molecule has 24 heavy (non-hydrogen) atoms. The first kappa shape index (κ1) is 14.2. The molecule has 0 fully saturated rings. The Balaban J connectivity index is 1.52. The van der Waals surface area contributed by atoms with E-state index in [4.69, 9.17) is 5.73 Å². The third-order valence-corrected chi connectivity index (χ3v) is 3.98. The fraction of sp³-hybridized carbons (Fsp3) is 0.0556. The summed E-state index contributed by atoms with van der Waals surface area (Å²) in [6, 6.07) is 11.5. The maximum atomic E-state index is 12.3. The maximum absolute atomic E-state index is 12.3. The molecule has 1 aromatic carbocycles. The van der Waals surface area contributed by atoms with E-state index in [9.17, 15) is 4.79 Å². The number of anilines is 1. The van der Waals surface area contributed by atoms with Crippen LogP contribution in [0.4, 0.5) is 5.82 Å². The van der Waals surface area contributed by atoms with Crippen LogP contribution in [0.15, 0.2) is 55.0 Å². The van der Waals surface area contributed by atoms with Crippen molar-refractivity contribution in [2.24, 2.45) is 0 Å². The molecule has 0 bridgehead atoms. The Morgan fingerprint density at radius 1 is 1.12 bits per heavy atom. The van der Waals surface area contributed by atoms with Gasteiger partial charge in [-0.05, 0) is 35.2 Å². The van der Waals surface area contributed by atoms with E-state index in [0.717, 1.165) is 27.4 Å². The Labute approximate surface area is 137 Å². The molecule has 0 atom stereocenters. The molecule has 4 rings (SSSR count). The number of H-pyrrole nitrogens is 1. The van der Waals surface area contributed by atoms with Crippen LogP contribution in [0.3, 0.4) is 0 Å². The number of benzene rings is 1. The summed E-state index contributed by atoms with van der Waals surface area (Å²) >= 11 is 0. The van der Waals surface area contributed by atoms with Crippen LogP contribution in [0.5, 0.6) is 0 Å². The number of carbonyl (C=O) groups is 1. The zero-order chi connectivity index (χ0) is 16.5. The minimum Gasteiger partial charge on any atom is -0.383 e. The van der Waals surface area contributed by atoms with Gasteiger partial charge in [-0.15, -0.1) is 0 Å². The smallest absolute Gasteiger partial charge is 0.253 e. The average molecular weight is 317 g/mol. The second kappa shape index (κ2) is 5.66. The van der Waals surface area contributed by atoms with Crippen molar-refractivity contribution in [3.8, 4) is 0 Å². The molecule has 0 aliphatic carbocycles. The molecule has 4 aromatic rings. The predicted octanol–water partition coefficient (Wildman–Crippen LogP) is 2.62. The number of aromatic nitrogens is 3. The van der Waals surface area contributed by atoms with Gasteiger partial charge in [-0.3, -0.25) is 4.79 Å². The van der Waals surface area contributed by atoms with E-state index < -0.39 is 0 Å². The molecule has 4 N–H and O–H groups in total. The number of nitrogens with zero attached hydrogens (tertiary/aromatic N) is 2. The first-order chi connectivity index (χ1) is 11.7. The number of fused-ring (bicyclic) bond motifs is 2. The molecule has 6 heteroatoms. The molecule has 0 aliphatic rings. The molecule has 0 saturated heterocycles. The highest BCUT2D eigenvalue weighted by Gasteiger charge is 2.08. The summed E-state index contributed by atoms with van der Waals surface area (Å²) < 4.78 is 0. The second-order valence-electron chi connectivity index (χ2n) is 5.57. The monoisotopic (exact) mass is 317 g/mol. The van der Waals surface area contributed by atoms with Crippen LogP contribution >= 0.6 is 0 Å². The third-order valence-electron chi connectivity index (χ3n) is 3.98. The summed E-state index contributed by atoms with van der Waals surface area (Å²) in [7, 11) is 0. The molecule has 1 amide bonds. The van der Waals surface area contributed by atoms with Crippen molar-refractivity contribution in [3.63, 3.8) is 0 Å². The van der Waals surface area contributed by atoms with Crippen LogP contribution in [0.2, 0.25) is 0 Å². The van der Waals surface area contributed by atoms with Gasteiger partial charge in [-0.2, -0.15) is 0 Å². The van der Waals surface area contributed by atoms with E-state index in [1.807, 2.05) is 36.4 Å². The number of nitrogens with two attached hydrogens (primary N) is 1. The van der Waals surface area contributed by atoms with Crippen molar-refractivity contribution in [3.05, 3.63) is 66.1 Å². The van der Waals surface area contributed by atoms with E-state index in [0.29, 0.717) is 17.9 Å². The van der Waals surface area contributed by atoms with Gasteiger partial charge in [-0.25, -0.2) is 9.97 Å². The van der Waals surface area contributed by atoms with Crippen molar-refractivity contribution in [1.29, 1.82) is 0 Å². The zero-order valence-electron chi connectivity index (χ0n) is 12.8. The molecule has 0 radical (unpaired) electrons. The minimum atomic E-state index is -0.153. The highest BCUT2D eigenvalue weighted by Crippen LogP contribution is 2.20. The Bertz CT molecular complexity index is 1050. The zero-order valence-corrected chi connectivity index (χ0v) is 12.8. The van der Waals surface area contributed by atoms with E-state index in [-0.39, 0.29) is 5.91 Å². The van der Waals surface area contributed by atoms with Crippen LogP contribution in [0.25, 0.3) is 21.8 Å². The van der Waals surface area contributed by atoms with Gasteiger partial charge in [0.05, 0.1) is 5.56 Å². The minimum absolute atomic E-state index is 0.153. The van der Waals surface area contributed by atoms with E-state index in [1.54, 1.807) is 18.6 Å². The standard InChI is InChI=1S/C18H15N5O/c19-16-15-2-1-11(7-12(15)3-5-20-16)9-23-18(24)14-8-13-4-6-21-17(13)22-10-14/h1-8,10H,9H2,(H2,19,20)(H,21,22)(H,23,24). The van der Waals surface area contributed by atoms with Crippen molar-refractivity contribution < 1.29 is 4.79 Å². The lowest BCUT2D eigenvalue weighted by Crippen LogP contribution is -2.22. The van der Waals surface area contributed by atoms with Gasteiger partial charge < -0.3 is 16.0 Å². The molecule has 0 spiro atoms. The number of pyridine rings is 2. The van der Waals surface area contributed by atoms with E-state index >= 15 is 0 Å². The van der Waals surface area contributed by atoms with Crippen molar-refractivity contribution >= 4 is 33.5 Å². The van der Waals surface area contributed by atoms with E-state index in [1.165, 1.54) is 0 Å². The van der Waals surface area contributed by atoms with Gasteiger partial charge in [0.1, 0.15) is 11.5 Å². The molecule has 0 aliphatic heterocycles. The van der Waals surface area contributed by atoms with Crippen LogP contribution in [0, 0.1) is 0 Å². The Morgan fingerprint density at radius 3 is 2.96 bits per heavy atom. The van der Waals surface area contributed by atoms with Crippen LogP contribution in [-0.4, -0.2) is 20.9 Å². The Kier molecular flexibility index (Phi) is 3.35. The lowest BCUT2D eigenvalue weighted by atomic mass is 10.1. The highest BCUT2D eigenvalue weighted by atomic mass is 16.1. The molecule has 3 aromatic heterocycles. The number of nitrogen functional groups attached to an aromatic ring is 1. The van der Waals surface area contributed by atoms with Gasteiger partial charge >= 0.3 is 0 Å². The van der Waals surface area contributed by atoms with Crippen molar-refractivity contribution in [2.45, 2.75) is 6.54 Å². The molecule has 0 unspecified atom stereocenters. The molecule has 0 saturated carbocycles. The number of hydrogen-bond acceptors (Lipinski definition) is 4. The number of aromatic amines is 1.